The number of rotatable bonds is 4. The second-order valence-electron chi connectivity index (χ2n) is 4.37. The lowest BCUT2D eigenvalue weighted by Gasteiger charge is -2.16. The Morgan fingerprint density at radius 3 is 2.57 bits per heavy atom. The first kappa shape index (κ1) is 14.7. The minimum absolute atomic E-state index is 0.309. The number of aromatic amines is 1. The van der Waals surface area contributed by atoms with Gasteiger partial charge in [-0.2, -0.15) is 5.10 Å². The van der Waals surface area contributed by atoms with E-state index in [0.29, 0.717) is 17.9 Å². The number of anilines is 1. The van der Waals surface area contributed by atoms with Crippen molar-refractivity contribution in [3.05, 3.63) is 62.6 Å². The number of nitrogens with zero attached hydrogens (tertiary/aromatic N) is 3. The van der Waals surface area contributed by atoms with Gasteiger partial charge in [-0.3, -0.25) is 14.3 Å². The average molecular weight is 290 g/mol. The molecular formula is C14H15FN4O2. The van der Waals surface area contributed by atoms with Crippen LogP contribution < -0.4 is 16.3 Å². The van der Waals surface area contributed by atoms with Crippen LogP contribution in [0, 0.1) is 5.82 Å². The zero-order valence-corrected chi connectivity index (χ0v) is 11.7. The highest BCUT2D eigenvalue weighted by Crippen LogP contribution is 2.06. The Kier molecular flexibility index (Phi) is 4.32. The maximum Gasteiger partial charge on any atom is 0.329 e. The predicted molar refractivity (Wildman–Crippen MR) is 79.3 cm³/mol. The molecule has 0 bridgehead atoms. The number of aromatic nitrogens is 2. The summed E-state index contributed by atoms with van der Waals surface area (Å²) in [5.41, 5.74) is -0.210. The molecule has 0 aliphatic heterocycles. The summed E-state index contributed by atoms with van der Waals surface area (Å²) in [6, 6.07) is 7.13. The molecule has 0 radical (unpaired) electrons. The van der Waals surface area contributed by atoms with Crippen LogP contribution in [0.3, 0.4) is 0 Å². The highest BCUT2D eigenvalue weighted by atomic mass is 19.1. The summed E-state index contributed by atoms with van der Waals surface area (Å²) in [5.74, 6) is -0.0145. The van der Waals surface area contributed by atoms with E-state index < -0.39 is 11.2 Å². The SMILES string of the molecule is CCN(/N=C\c1ccc(F)cc1)c1cc(=O)n(C)c(=O)[nH]1. The number of nitrogens with one attached hydrogen (secondary N) is 1. The van der Waals surface area contributed by atoms with Crippen molar-refractivity contribution < 1.29 is 4.39 Å². The van der Waals surface area contributed by atoms with Crippen molar-refractivity contribution in [1.82, 2.24) is 9.55 Å². The third kappa shape index (κ3) is 3.44. The molecule has 1 heterocycles. The zero-order valence-electron chi connectivity index (χ0n) is 11.7. The zero-order chi connectivity index (χ0) is 15.4. The Morgan fingerprint density at radius 1 is 1.33 bits per heavy atom. The number of hydrazone groups is 1. The van der Waals surface area contributed by atoms with E-state index in [1.807, 2.05) is 6.92 Å². The molecule has 2 aromatic rings. The summed E-state index contributed by atoms with van der Waals surface area (Å²) in [6.45, 7) is 2.29. The number of halogens is 1. The molecule has 0 saturated heterocycles. The van der Waals surface area contributed by atoms with E-state index in [4.69, 9.17) is 0 Å². The lowest BCUT2D eigenvalue weighted by molar-refractivity contribution is 0.628. The highest BCUT2D eigenvalue weighted by Gasteiger charge is 2.06. The van der Waals surface area contributed by atoms with Gasteiger partial charge in [-0.1, -0.05) is 12.1 Å². The molecule has 0 amide bonds. The summed E-state index contributed by atoms with van der Waals surface area (Å²) in [6.07, 6.45) is 1.53. The van der Waals surface area contributed by atoms with E-state index in [1.54, 1.807) is 12.1 Å². The Balaban J connectivity index is 2.30. The standard InChI is InChI=1S/C14H15FN4O2/c1-3-19(12-8-13(20)18(2)14(21)17-12)16-9-10-4-6-11(15)7-5-10/h4-9H,3H2,1-2H3,(H,17,21)/b16-9-. The molecule has 1 aromatic carbocycles. The van der Waals surface area contributed by atoms with Gasteiger partial charge in [0.05, 0.1) is 6.21 Å². The van der Waals surface area contributed by atoms with Gasteiger partial charge in [0.15, 0.2) is 0 Å². The van der Waals surface area contributed by atoms with E-state index in [-0.39, 0.29) is 5.82 Å². The fraction of sp³-hybridized carbons (Fsp3) is 0.214. The second-order valence-corrected chi connectivity index (χ2v) is 4.37. The summed E-state index contributed by atoms with van der Waals surface area (Å²) in [4.78, 5) is 25.8. The van der Waals surface area contributed by atoms with Gasteiger partial charge in [0, 0.05) is 19.7 Å². The topological polar surface area (TPSA) is 70.5 Å². The monoisotopic (exact) mass is 290 g/mol. The second kappa shape index (κ2) is 6.17. The minimum atomic E-state index is -0.507. The van der Waals surface area contributed by atoms with Gasteiger partial charge in [-0.15, -0.1) is 0 Å². The molecule has 110 valence electrons. The summed E-state index contributed by atoms with van der Waals surface area (Å²) < 4.78 is 13.8. The molecule has 1 N–H and O–H groups in total. The van der Waals surface area contributed by atoms with Gasteiger partial charge < -0.3 is 0 Å². The lowest BCUT2D eigenvalue weighted by Crippen LogP contribution is -2.34. The number of H-pyrrole nitrogens is 1. The molecule has 0 aliphatic rings. The maximum absolute atomic E-state index is 12.8. The fourth-order valence-electron chi connectivity index (χ4n) is 1.68. The first-order valence-electron chi connectivity index (χ1n) is 6.38. The van der Waals surface area contributed by atoms with E-state index >= 15 is 0 Å². The van der Waals surface area contributed by atoms with Crippen LogP contribution in [0.5, 0.6) is 0 Å². The van der Waals surface area contributed by atoms with Crippen molar-refractivity contribution in [1.29, 1.82) is 0 Å². The van der Waals surface area contributed by atoms with Crippen molar-refractivity contribution in [2.24, 2.45) is 12.1 Å². The van der Waals surface area contributed by atoms with E-state index in [0.717, 1.165) is 4.57 Å². The van der Waals surface area contributed by atoms with Crippen molar-refractivity contribution in [2.75, 3.05) is 11.6 Å². The van der Waals surface area contributed by atoms with Crippen LogP contribution in [0.1, 0.15) is 12.5 Å². The largest absolute Gasteiger partial charge is 0.329 e. The van der Waals surface area contributed by atoms with Crippen molar-refractivity contribution in [3.63, 3.8) is 0 Å². The first-order chi connectivity index (χ1) is 10.0. The normalized spacial score (nSPS) is 11.0. The van der Waals surface area contributed by atoms with Gasteiger partial charge in [0.25, 0.3) is 5.56 Å². The van der Waals surface area contributed by atoms with Crippen LogP contribution in [-0.2, 0) is 7.05 Å². The summed E-state index contributed by atoms with van der Waals surface area (Å²) in [5, 5.41) is 5.67. The van der Waals surface area contributed by atoms with Crippen LogP contribution in [0.25, 0.3) is 0 Å². The number of benzene rings is 1. The molecule has 0 aliphatic carbocycles. The number of hydrogen-bond donors (Lipinski definition) is 1. The molecule has 6 nitrogen and oxygen atoms in total. The van der Waals surface area contributed by atoms with Crippen molar-refractivity contribution in [3.8, 4) is 0 Å². The van der Waals surface area contributed by atoms with Gasteiger partial charge in [0.1, 0.15) is 11.6 Å². The number of hydrogen-bond acceptors (Lipinski definition) is 4. The first-order valence-corrected chi connectivity index (χ1v) is 6.38. The third-order valence-corrected chi connectivity index (χ3v) is 2.92. The Hall–Kier alpha value is -2.70. The molecule has 21 heavy (non-hydrogen) atoms. The van der Waals surface area contributed by atoms with E-state index in [9.17, 15) is 14.0 Å². The molecule has 0 spiro atoms. The smallest absolute Gasteiger partial charge is 0.292 e. The van der Waals surface area contributed by atoms with Crippen LogP contribution >= 0.6 is 0 Å². The molecule has 2 rings (SSSR count). The Morgan fingerprint density at radius 2 is 2.00 bits per heavy atom. The Labute approximate surface area is 120 Å². The molecule has 0 unspecified atom stereocenters. The molecule has 1 aromatic heterocycles. The molecule has 0 fully saturated rings. The quantitative estimate of drug-likeness (QED) is 0.676. The van der Waals surface area contributed by atoms with Crippen LogP contribution in [0.4, 0.5) is 10.2 Å². The fourth-order valence-corrected chi connectivity index (χ4v) is 1.68. The van der Waals surface area contributed by atoms with Gasteiger partial charge >= 0.3 is 5.69 Å². The average Bonchev–Trinajstić information content (AvgIpc) is 2.47. The van der Waals surface area contributed by atoms with Crippen LogP contribution in [0.2, 0.25) is 0 Å². The van der Waals surface area contributed by atoms with Crippen molar-refractivity contribution >= 4 is 12.0 Å². The highest BCUT2D eigenvalue weighted by molar-refractivity contribution is 5.80. The summed E-state index contributed by atoms with van der Waals surface area (Å²) in [7, 11) is 1.39. The lowest BCUT2D eigenvalue weighted by atomic mass is 10.2. The maximum atomic E-state index is 12.8. The minimum Gasteiger partial charge on any atom is -0.292 e. The van der Waals surface area contributed by atoms with Crippen molar-refractivity contribution in [2.45, 2.75) is 6.92 Å². The molecular weight excluding hydrogens is 275 g/mol. The van der Waals surface area contributed by atoms with Gasteiger partial charge in [-0.25, -0.2) is 14.2 Å². The molecule has 7 heteroatoms. The van der Waals surface area contributed by atoms with E-state index in [1.165, 1.54) is 36.5 Å². The Bertz CT molecular complexity index is 731. The van der Waals surface area contributed by atoms with Gasteiger partial charge in [-0.05, 0) is 24.6 Å². The molecule has 0 saturated carbocycles. The summed E-state index contributed by atoms with van der Waals surface area (Å²) >= 11 is 0. The van der Waals surface area contributed by atoms with E-state index in [2.05, 4.69) is 10.1 Å². The van der Waals surface area contributed by atoms with Gasteiger partial charge in [0.2, 0.25) is 0 Å². The van der Waals surface area contributed by atoms with Crippen LogP contribution in [-0.4, -0.2) is 22.3 Å². The van der Waals surface area contributed by atoms with Crippen LogP contribution in [0.15, 0.2) is 45.0 Å². The third-order valence-electron chi connectivity index (χ3n) is 2.92. The molecule has 0 atom stereocenters. The predicted octanol–water partition coefficient (Wildman–Crippen LogP) is 1.07.